The number of carbonyl (C=O) groups excluding carboxylic acids is 2. The van der Waals surface area contributed by atoms with Crippen LogP contribution in [0.1, 0.15) is 31.8 Å². The summed E-state index contributed by atoms with van der Waals surface area (Å²) < 4.78 is 11.1. The van der Waals surface area contributed by atoms with Crippen LogP contribution in [0.15, 0.2) is 102 Å². The summed E-state index contributed by atoms with van der Waals surface area (Å²) in [6.45, 7) is 0.442. The molecule has 4 aromatic carbocycles. The van der Waals surface area contributed by atoms with E-state index >= 15 is 0 Å². The lowest BCUT2D eigenvalue weighted by Crippen LogP contribution is -2.17. The number of ether oxygens (including phenoxy) is 2. The van der Waals surface area contributed by atoms with E-state index in [1.54, 1.807) is 54.6 Å². The maximum absolute atomic E-state index is 12.4. The lowest BCUT2D eigenvalue weighted by molar-refractivity contribution is 0.0734. The molecule has 8 heteroatoms. The highest BCUT2D eigenvalue weighted by Gasteiger charge is 2.13. The fourth-order valence-corrected chi connectivity index (χ4v) is 3.63. The molecule has 0 spiro atoms. The molecule has 4 aromatic rings. The van der Waals surface area contributed by atoms with Crippen molar-refractivity contribution in [3.8, 4) is 11.5 Å². The Balaban J connectivity index is 1.31. The second-order valence-electron chi connectivity index (χ2n) is 7.58. The topological polar surface area (TPSA) is 77.0 Å². The van der Waals surface area contributed by atoms with Gasteiger partial charge >= 0.3 is 5.97 Å². The third-order valence-electron chi connectivity index (χ3n) is 4.96. The van der Waals surface area contributed by atoms with Crippen LogP contribution in [0.3, 0.4) is 0 Å². The molecular formula is C28H20Cl2N2O4. The van der Waals surface area contributed by atoms with Crippen LogP contribution >= 0.6 is 23.2 Å². The van der Waals surface area contributed by atoms with Crippen LogP contribution in [-0.4, -0.2) is 18.1 Å². The summed E-state index contributed by atoms with van der Waals surface area (Å²) in [5.41, 5.74) is 4.78. The quantitative estimate of drug-likeness (QED) is 0.124. The molecule has 0 aromatic heterocycles. The number of carbonyl (C=O) groups is 2. The van der Waals surface area contributed by atoms with Gasteiger partial charge in [-0.15, -0.1) is 0 Å². The van der Waals surface area contributed by atoms with Gasteiger partial charge in [-0.05, 0) is 65.7 Å². The van der Waals surface area contributed by atoms with Gasteiger partial charge in [0, 0.05) is 10.6 Å². The number of hydrogen-bond acceptors (Lipinski definition) is 5. The molecule has 0 aliphatic carbocycles. The van der Waals surface area contributed by atoms with Gasteiger partial charge in [-0.2, -0.15) is 5.10 Å². The van der Waals surface area contributed by atoms with Crippen LogP contribution in [0, 0.1) is 0 Å². The van der Waals surface area contributed by atoms with Crippen LogP contribution < -0.4 is 14.9 Å². The molecule has 4 rings (SSSR count). The van der Waals surface area contributed by atoms with E-state index in [1.807, 2.05) is 30.3 Å². The Bertz CT molecular complexity index is 1390. The van der Waals surface area contributed by atoms with Gasteiger partial charge in [0.25, 0.3) is 5.91 Å². The minimum atomic E-state index is -0.616. The van der Waals surface area contributed by atoms with Crippen molar-refractivity contribution < 1.29 is 19.1 Å². The molecule has 1 N–H and O–H groups in total. The molecule has 0 fully saturated rings. The highest BCUT2D eigenvalue weighted by atomic mass is 35.5. The van der Waals surface area contributed by atoms with Gasteiger partial charge in [-0.3, -0.25) is 4.79 Å². The fourth-order valence-electron chi connectivity index (χ4n) is 3.15. The van der Waals surface area contributed by atoms with Crippen LogP contribution in [0.4, 0.5) is 0 Å². The smallest absolute Gasteiger partial charge is 0.345 e. The minimum absolute atomic E-state index is 0.198. The summed E-state index contributed by atoms with van der Waals surface area (Å²) in [5, 5.41) is 4.60. The third-order valence-corrected chi connectivity index (χ3v) is 5.51. The van der Waals surface area contributed by atoms with Crippen molar-refractivity contribution in [2.75, 3.05) is 0 Å². The van der Waals surface area contributed by atoms with Crippen molar-refractivity contribution in [3.05, 3.63) is 129 Å². The van der Waals surface area contributed by atoms with E-state index < -0.39 is 5.97 Å². The number of hydrogen-bond donors (Lipinski definition) is 1. The lowest BCUT2D eigenvalue weighted by Gasteiger charge is -2.07. The van der Waals surface area contributed by atoms with Crippen LogP contribution in [0.25, 0.3) is 0 Å². The zero-order valence-corrected chi connectivity index (χ0v) is 20.4. The monoisotopic (exact) mass is 518 g/mol. The zero-order chi connectivity index (χ0) is 25.3. The van der Waals surface area contributed by atoms with E-state index in [4.69, 9.17) is 32.7 Å². The average Bonchev–Trinajstić information content (AvgIpc) is 2.88. The highest BCUT2D eigenvalue weighted by Crippen LogP contribution is 2.23. The van der Waals surface area contributed by atoms with Crippen LogP contribution in [0.2, 0.25) is 10.0 Å². The van der Waals surface area contributed by atoms with Gasteiger partial charge in [0.05, 0.1) is 16.8 Å². The Morgan fingerprint density at radius 3 is 2.36 bits per heavy atom. The number of esters is 1. The van der Waals surface area contributed by atoms with Crippen molar-refractivity contribution in [2.45, 2.75) is 6.61 Å². The Labute approximate surface area is 218 Å². The van der Waals surface area contributed by atoms with Gasteiger partial charge in [0.15, 0.2) is 0 Å². The van der Waals surface area contributed by atoms with E-state index in [2.05, 4.69) is 10.5 Å². The van der Waals surface area contributed by atoms with Crippen molar-refractivity contribution in [3.63, 3.8) is 0 Å². The number of amides is 1. The molecule has 0 atom stereocenters. The summed E-state index contributed by atoms with van der Waals surface area (Å²) in [4.78, 5) is 24.8. The van der Waals surface area contributed by atoms with E-state index in [1.165, 1.54) is 18.3 Å². The van der Waals surface area contributed by atoms with Crippen molar-refractivity contribution >= 4 is 41.3 Å². The number of nitrogens with one attached hydrogen (secondary N) is 1. The predicted octanol–water partition coefficient (Wildman–Crippen LogP) is 6.56. The number of rotatable bonds is 8. The first-order valence-electron chi connectivity index (χ1n) is 10.9. The molecule has 0 aliphatic rings. The van der Waals surface area contributed by atoms with Gasteiger partial charge in [-0.1, -0.05) is 65.7 Å². The molecule has 180 valence electrons. The molecular weight excluding hydrogens is 499 g/mol. The SMILES string of the molecule is O=C(NN=Cc1cccc(OC(=O)c2ccc(Cl)cc2Cl)c1)c1ccc(OCc2ccccc2)cc1. The summed E-state index contributed by atoms with van der Waals surface area (Å²) in [6.07, 6.45) is 1.45. The fraction of sp³-hybridized carbons (Fsp3) is 0.0357. The van der Waals surface area contributed by atoms with Crippen molar-refractivity contribution in [1.29, 1.82) is 0 Å². The van der Waals surface area contributed by atoms with Gasteiger partial charge in [0.2, 0.25) is 0 Å². The number of nitrogens with zero attached hydrogens (tertiary/aromatic N) is 1. The van der Waals surface area contributed by atoms with E-state index in [0.717, 1.165) is 5.56 Å². The van der Waals surface area contributed by atoms with E-state index in [-0.39, 0.29) is 16.5 Å². The normalized spacial score (nSPS) is 10.7. The molecule has 0 saturated heterocycles. The largest absolute Gasteiger partial charge is 0.489 e. The molecule has 0 heterocycles. The second-order valence-corrected chi connectivity index (χ2v) is 8.43. The minimum Gasteiger partial charge on any atom is -0.489 e. The Kier molecular flexibility index (Phi) is 8.34. The summed E-state index contributed by atoms with van der Waals surface area (Å²) >= 11 is 11.9. The molecule has 36 heavy (non-hydrogen) atoms. The third kappa shape index (κ3) is 6.95. The van der Waals surface area contributed by atoms with E-state index in [9.17, 15) is 9.59 Å². The molecule has 0 unspecified atom stereocenters. The van der Waals surface area contributed by atoms with Crippen LogP contribution in [0.5, 0.6) is 11.5 Å². The highest BCUT2D eigenvalue weighted by molar-refractivity contribution is 6.36. The predicted molar refractivity (Wildman–Crippen MR) is 140 cm³/mol. The maximum Gasteiger partial charge on any atom is 0.345 e. The number of halogens is 2. The molecule has 0 radical (unpaired) electrons. The zero-order valence-electron chi connectivity index (χ0n) is 18.9. The Hall–Kier alpha value is -4.13. The van der Waals surface area contributed by atoms with Gasteiger partial charge in [-0.25, -0.2) is 10.2 Å². The lowest BCUT2D eigenvalue weighted by atomic mass is 10.2. The number of hydrazone groups is 1. The average molecular weight is 519 g/mol. The second kappa shape index (κ2) is 12.0. The Morgan fingerprint density at radius 2 is 1.61 bits per heavy atom. The molecule has 0 aliphatic heterocycles. The van der Waals surface area contributed by atoms with Crippen molar-refractivity contribution in [2.24, 2.45) is 5.10 Å². The standard InChI is InChI=1S/C28H20Cl2N2O4/c29-22-11-14-25(26(30)16-22)28(34)36-24-8-4-7-20(15-24)17-31-32-27(33)21-9-12-23(13-10-21)35-18-19-5-2-1-3-6-19/h1-17H,18H2,(H,32,33). The first-order valence-corrected chi connectivity index (χ1v) is 11.6. The summed E-state index contributed by atoms with van der Waals surface area (Å²) in [7, 11) is 0. The molecule has 0 bridgehead atoms. The summed E-state index contributed by atoms with van der Waals surface area (Å²) in [6, 6.07) is 27.8. The number of benzene rings is 4. The first-order chi connectivity index (χ1) is 17.5. The van der Waals surface area contributed by atoms with Gasteiger partial charge < -0.3 is 9.47 Å². The van der Waals surface area contributed by atoms with Crippen molar-refractivity contribution in [1.82, 2.24) is 5.43 Å². The van der Waals surface area contributed by atoms with Gasteiger partial charge in [0.1, 0.15) is 18.1 Å². The molecule has 6 nitrogen and oxygen atoms in total. The summed E-state index contributed by atoms with van der Waals surface area (Å²) in [5.74, 6) is -0.0337. The molecule has 1 amide bonds. The van der Waals surface area contributed by atoms with E-state index in [0.29, 0.717) is 34.3 Å². The Morgan fingerprint density at radius 1 is 0.833 bits per heavy atom. The maximum atomic E-state index is 12.4. The first kappa shape index (κ1) is 25.0. The van der Waals surface area contributed by atoms with Crippen LogP contribution in [-0.2, 0) is 6.61 Å². The molecule has 0 saturated carbocycles.